The average Bonchev–Trinajstić information content (AvgIpc) is 2.49. The maximum absolute atomic E-state index is 11.6. The molecule has 0 unspecified atom stereocenters. The maximum atomic E-state index is 11.6. The van der Waals surface area contributed by atoms with Gasteiger partial charge >= 0.3 is 0 Å². The lowest BCUT2D eigenvalue weighted by molar-refractivity contribution is -0.123. The molecule has 1 aromatic rings. The van der Waals surface area contributed by atoms with Crippen molar-refractivity contribution in [2.24, 2.45) is 0 Å². The van der Waals surface area contributed by atoms with Gasteiger partial charge in [0.1, 0.15) is 0 Å². The lowest BCUT2D eigenvalue weighted by Gasteiger charge is -2.11. The van der Waals surface area contributed by atoms with Gasteiger partial charge in [-0.25, -0.2) is 0 Å². The number of carbonyl (C=O) groups excluding carboxylic acids is 1. The first kappa shape index (κ1) is 17.3. The Morgan fingerprint density at radius 3 is 2.81 bits per heavy atom. The summed E-state index contributed by atoms with van der Waals surface area (Å²) in [5.41, 5.74) is 1.06. The Labute approximate surface area is 125 Å². The molecule has 0 atom stereocenters. The zero-order valence-electron chi connectivity index (χ0n) is 12.6. The first-order valence-electron chi connectivity index (χ1n) is 6.90. The van der Waals surface area contributed by atoms with Gasteiger partial charge in [0.25, 0.3) is 5.91 Å². The molecule has 0 fully saturated rings. The van der Waals surface area contributed by atoms with Crippen LogP contribution in [-0.4, -0.2) is 51.1 Å². The third-order valence-electron chi connectivity index (χ3n) is 2.70. The number of amides is 1. The smallest absolute Gasteiger partial charge is 0.257 e. The standard InChI is InChI=1S/C15H23NO5/c1-12-4-5-13(14(10-12)19-2)21-11-15(18)16-6-3-8-20-9-7-17/h4-5,10,17H,3,6-9,11H2,1-2H3,(H,16,18). The third-order valence-corrected chi connectivity index (χ3v) is 2.70. The zero-order chi connectivity index (χ0) is 15.5. The predicted octanol–water partition coefficient (Wildman–Crippen LogP) is 0.898. The van der Waals surface area contributed by atoms with Crippen LogP contribution in [0.3, 0.4) is 0 Å². The molecule has 0 aromatic heterocycles. The summed E-state index contributed by atoms with van der Waals surface area (Å²) in [7, 11) is 1.56. The molecule has 0 radical (unpaired) electrons. The summed E-state index contributed by atoms with van der Waals surface area (Å²) in [4.78, 5) is 11.6. The van der Waals surface area contributed by atoms with Gasteiger partial charge in [-0.05, 0) is 31.0 Å². The fourth-order valence-electron chi connectivity index (χ4n) is 1.66. The summed E-state index contributed by atoms with van der Waals surface area (Å²) in [5.74, 6) is 0.963. The van der Waals surface area contributed by atoms with Crippen LogP contribution in [0.4, 0.5) is 0 Å². The van der Waals surface area contributed by atoms with Crippen molar-refractivity contribution >= 4 is 5.91 Å². The van der Waals surface area contributed by atoms with E-state index in [2.05, 4.69) is 5.32 Å². The van der Waals surface area contributed by atoms with Crippen LogP contribution in [-0.2, 0) is 9.53 Å². The monoisotopic (exact) mass is 297 g/mol. The molecule has 118 valence electrons. The summed E-state index contributed by atoms with van der Waals surface area (Å²) >= 11 is 0. The Bertz CT molecular complexity index is 436. The van der Waals surface area contributed by atoms with Gasteiger partial charge in [-0.15, -0.1) is 0 Å². The minimum absolute atomic E-state index is 0.0125. The normalized spacial score (nSPS) is 10.2. The average molecular weight is 297 g/mol. The van der Waals surface area contributed by atoms with Gasteiger partial charge in [-0.2, -0.15) is 0 Å². The Kier molecular flexibility index (Phi) is 8.23. The molecule has 0 saturated carbocycles. The maximum Gasteiger partial charge on any atom is 0.257 e. The van der Waals surface area contributed by atoms with E-state index in [1.54, 1.807) is 13.2 Å². The topological polar surface area (TPSA) is 77.0 Å². The van der Waals surface area contributed by atoms with Crippen molar-refractivity contribution in [3.05, 3.63) is 23.8 Å². The molecular weight excluding hydrogens is 274 g/mol. The Morgan fingerprint density at radius 2 is 2.10 bits per heavy atom. The summed E-state index contributed by atoms with van der Waals surface area (Å²) in [6, 6.07) is 5.53. The van der Waals surface area contributed by atoms with Crippen molar-refractivity contribution in [1.82, 2.24) is 5.32 Å². The molecule has 0 spiro atoms. The van der Waals surface area contributed by atoms with E-state index in [0.29, 0.717) is 37.7 Å². The van der Waals surface area contributed by atoms with Gasteiger partial charge in [-0.1, -0.05) is 6.07 Å². The van der Waals surface area contributed by atoms with Crippen LogP contribution in [0.1, 0.15) is 12.0 Å². The minimum Gasteiger partial charge on any atom is -0.493 e. The van der Waals surface area contributed by atoms with E-state index in [4.69, 9.17) is 19.3 Å². The summed E-state index contributed by atoms with van der Waals surface area (Å²) in [6.45, 7) is 3.25. The second kappa shape index (κ2) is 10.0. The fourth-order valence-corrected chi connectivity index (χ4v) is 1.66. The van der Waals surface area contributed by atoms with E-state index in [0.717, 1.165) is 5.56 Å². The third kappa shape index (κ3) is 6.97. The van der Waals surface area contributed by atoms with Crippen molar-refractivity contribution in [2.45, 2.75) is 13.3 Å². The quantitative estimate of drug-likeness (QED) is 0.627. The van der Waals surface area contributed by atoms with Crippen molar-refractivity contribution in [3.63, 3.8) is 0 Å². The molecule has 1 aromatic carbocycles. The molecule has 0 aliphatic rings. The minimum atomic E-state index is -0.195. The van der Waals surface area contributed by atoms with Crippen molar-refractivity contribution < 1.29 is 24.1 Å². The molecule has 0 heterocycles. The van der Waals surface area contributed by atoms with Gasteiger partial charge in [0.05, 0.1) is 20.3 Å². The van der Waals surface area contributed by atoms with E-state index in [1.165, 1.54) is 0 Å². The summed E-state index contributed by atoms with van der Waals surface area (Å²) < 4.78 is 15.7. The lowest BCUT2D eigenvalue weighted by Crippen LogP contribution is -2.30. The summed E-state index contributed by atoms with van der Waals surface area (Å²) in [5, 5.41) is 11.3. The first-order chi connectivity index (χ1) is 10.2. The summed E-state index contributed by atoms with van der Waals surface area (Å²) in [6.07, 6.45) is 0.694. The predicted molar refractivity (Wildman–Crippen MR) is 78.8 cm³/mol. The lowest BCUT2D eigenvalue weighted by atomic mass is 10.2. The highest BCUT2D eigenvalue weighted by Crippen LogP contribution is 2.27. The number of aryl methyl sites for hydroxylation is 1. The van der Waals surface area contributed by atoms with E-state index in [9.17, 15) is 4.79 Å². The van der Waals surface area contributed by atoms with Crippen molar-refractivity contribution in [2.75, 3.05) is 40.1 Å². The van der Waals surface area contributed by atoms with Crippen LogP contribution < -0.4 is 14.8 Å². The molecule has 1 rings (SSSR count). The molecule has 0 aliphatic carbocycles. The highest BCUT2D eigenvalue weighted by molar-refractivity contribution is 5.77. The number of carbonyl (C=O) groups is 1. The van der Waals surface area contributed by atoms with Crippen LogP contribution in [0.15, 0.2) is 18.2 Å². The molecule has 2 N–H and O–H groups in total. The molecule has 0 bridgehead atoms. The van der Waals surface area contributed by atoms with E-state index in [-0.39, 0.29) is 19.1 Å². The van der Waals surface area contributed by atoms with Crippen LogP contribution >= 0.6 is 0 Å². The molecule has 0 aliphatic heterocycles. The molecule has 6 nitrogen and oxygen atoms in total. The van der Waals surface area contributed by atoms with Crippen LogP contribution in [0, 0.1) is 6.92 Å². The van der Waals surface area contributed by atoms with Gasteiger partial charge in [-0.3, -0.25) is 4.79 Å². The van der Waals surface area contributed by atoms with Crippen LogP contribution in [0.2, 0.25) is 0 Å². The first-order valence-corrected chi connectivity index (χ1v) is 6.90. The number of aliphatic hydroxyl groups is 1. The van der Waals surface area contributed by atoms with Crippen molar-refractivity contribution in [3.8, 4) is 11.5 Å². The number of aliphatic hydroxyl groups excluding tert-OH is 1. The van der Waals surface area contributed by atoms with Gasteiger partial charge < -0.3 is 24.6 Å². The number of ether oxygens (including phenoxy) is 3. The molecule has 21 heavy (non-hydrogen) atoms. The van der Waals surface area contributed by atoms with Gasteiger partial charge in [0.15, 0.2) is 18.1 Å². The number of methoxy groups -OCH3 is 1. The van der Waals surface area contributed by atoms with E-state index >= 15 is 0 Å². The Hall–Kier alpha value is -1.79. The SMILES string of the molecule is COc1cc(C)ccc1OCC(=O)NCCCOCCO. The Morgan fingerprint density at radius 1 is 1.29 bits per heavy atom. The van der Waals surface area contributed by atoms with Crippen LogP contribution in [0.5, 0.6) is 11.5 Å². The molecule has 6 heteroatoms. The van der Waals surface area contributed by atoms with E-state index in [1.807, 2.05) is 19.1 Å². The number of benzene rings is 1. The fraction of sp³-hybridized carbons (Fsp3) is 0.533. The highest BCUT2D eigenvalue weighted by Gasteiger charge is 2.07. The largest absolute Gasteiger partial charge is 0.493 e. The van der Waals surface area contributed by atoms with Crippen LogP contribution in [0.25, 0.3) is 0 Å². The molecular formula is C15H23NO5. The number of hydrogen-bond donors (Lipinski definition) is 2. The molecule has 0 saturated heterocycles. The molecule has 1 amide bonds. The van der Waals surface area contributed by atoms with Gasteiger partial charge in [0.2, 0.25) is 0 Å². The van der Waals surface area contributed by atoms with Crippen molar-refractivity contribution in [1.29, 1.82) is 0 Å². The zero-order valence-corrected chi connectivity index (χ0v) is 12.6. The Balaban J connectivity index is 2.24. The second-order valence-electron chi connectivity index (χ2n) is 4.48. The van der Waals surface area contributed by atoms with E-state index < -0.39 is 0 Å². The number of rotatable bonds is 10. The van der Waals surface area contributed by atoms with Gasteiger partial charge in [0, 0.05) is 13.2 Å². The number of hydrogen-bond acceptors (Lipinski definition) is 5. The second-order valence-corrected chi connectivity index (χ2v) is 4.48. The highest BCUT2D eigenvalue weighted by atomic mass is 16.5. The number of nitrogens with one attached hydrogen (secondary N) is 1.